The van der Waals surface area contributed by atoms with Gasteiger partial charge in [-0.05, 0) is 42.5 Å². The van der Waals surface area contributed by atoms with E-state index < -0.39 is 45.9 Å². The summed E-state index contributed by atoms with van der Waals surface area (Å²) in [5.74, 6) is -5.79. The molecule has 1 aliphatic rings. The quantitative estimate of drug-likeness (QED) is 0.204. The van der Waals surface area contributed by atoms with Crippen molar-refractivity contribution in [1.82, 2.24) is 9.99 Å². The number of carbonyl (C=O) groups is 2. The lowest BCUT2D eigenvalue weighted by atomic mass is 10.1. The van der Waals surface area contributed by atoms with Crippen LogP contribution in [-0.4, -0.2) is 33.3 Å². The molecule has 3 aromatic carbocycles. The summed E-state index contributed by atoms with van der Waals surface area (Å²) in [5.41, 5.74) is 0.0278. The summed E-state index contributed by atoms with van der Waals surface area (Å²) in [6.45, 7) is -0.369. The fraction of sp³-hybridized carbons (Fsp3) is 0.0714. The Hall–Kier alpha value is -4.51. The Bertz CT molecular complexity index is 1560. The Morgan fingerprint density at radius 1 is 0.872 bits per heavy atom. The molecule has 4 aromatic rings. The Balaban J connectivity index is 1.51. The smallest absolute Gasteiger partial charge is 0.281 e. The zero-order chi connectivity index (χ0) is 27.5. The molecule has 1 unspecified atom stereocenters. The summed E-state index contributed by atoms with van der Waals surface area (Å²) < 4.78 is 61.9. The molecule has 0 bridgehead atoms. The maximum absolute atomic E-state index is 14.6. The molecule has 2 heterocycles. The normalized spacial score (nSPS) is 14.7. The summed E-state index contributed by atoms with van der Waals surface area (Å²) in [6, 6.07) is 17.5. The number of thioether (sulfide) groups is 1. The molecule has 196 valence electrons. The van der Waals surface area contributed by atoms with Gasteiger partial charge in [-0.1, -0.05) is 36.0 Å². The molecule has 6 nitrogen and oxygen atoms in total. The molecule has 1 aliphatic heterocycles. The monoisotopic (exact) mass is 551 g/mol. The minimum Gasteiger partial charge on any atom is -0.485 e. The summed E-state index contributed by atoms with van der Waals surface area (Å²) >= 11 is 1.05. The molecule has 0 N–H and O–H groups in total. The van der Waals surface area contributed by atoms with Gasteiger partial charge in [0.15, 0.2) is 6.61 Å². The van der Waals surface area contributed by atoms with Crippen molar-refractivity contribution in [3.05, 3.63) is 131 Å². The molecule has 0 spiro atoms. The van der Waals surface area contributed by atoms with Gasteiger partial charge in [0, 0.05) is 29.5 Å². The van der Waals surface area contributed by atoms with Crippen LogP contribution in [0.25, 0.3) is 0 Å². The molecular weight excluding hydrogens is 534 g/mol. The zero-order valence-electron chi connectivity index (χ0n) is 19.9. The Morgan fingerprint density at radius 2 is 1.56 bits per heavy atom. The molecule has 11 heteroatoms. The molecule has 0 aliphatic carbocycles. The molecule has 1 aromatic heterocycles. The van der Waals surface area contributed by atoms with Crippen molar-refractivity contribution in [2.45, 2.75) is 5.37 Å². The number of carbonyl (C=O) groups excluding carboxylic acids is 2. The lowest BCUT2D eigenvalue weighted by molar-refractivity contribution is 0.0735. The number of benzene rings is 3. The van der Waals surface area contributed by atoms with Gasteiger partial charge in [-0.3, -0.25) is 14.6 Å². The number of ether oxygens (including phenoxy) is 1. The number of ketones is 1. The number of hydrogen-bond acceptors (Lipinski definition) is 6. The van der Waals surface area contributed by atoms with Crippen LogP contribution in [0.1, 0.15) is 37.3 Å². The van der Waals surface area contributed by atoms with Crippen molar-refractivity contribution in [3.63, 3.8) is 0 Å². The van der Waals surface area contributed by atoms with Crippen LogP contribution in [0.3, 0.4) is 0 Å². The maximum atomic E-state index is 14.6. The Labute approximate surface area is 223 Å². The average Bonchev–Trinajstić information content (AvgIpc) is 3.37. The van der Waals surface area contributed by atoms with Crippen LogP contribution in [-0.2, 0) is 0 Å². The minimum absolute atomic E-state index is 0.200. The van der Waals surface area contributed by atoms with E-state index in [9.17, 15) is 27.2 Å². The Morgan fingerprint density at radius 3 is 2.26 bits per heavy atom. The lowest BCUT2D eigenvalue weighted by Crippen LogP contribution is -2.28. The standard InChI is InChI=1S/C28H17F4N3O3S/c29-17-10-8-16(9-11-17)26-34-35(27(37)25-20(31)13-18(30)14-21(25)32)28(39-26)19-5-1-2-7-24(19)38-15-23(36)22-6-3-4-12-33-22/h1-14,28H,15H2. The predicted octanol–water partition coefficient (Wildman–Crippen LogP) is 6.15. The second-order valence-electron chi connectivity index (χ2n) is 8.24. The Kier molecular flexibility index (Phi) is 7.42. The largest absolute Gasteiger partial charge is 0.485 e. The molecule has 5 rings (SSSR count). The third-order valence-corrected chi connectivity index (χ3v) is 6.88. The van der Waals surface area contributed by atoms with Crippen molar-refractivity contribution in [2.75, 3.05) is 6.61 Å². The number of Topliss-reactive ketones (excluding diaryl/α,β-unsaturated/α-hetero) is 1. The van der Waals surface area contributed by atoms with Crippen molar-refractivity contribution < 1.29 is 31.9 Å². The number of pyridine rings is 1. The fourth-order valence-electron chi connectivity index (χ4n) is 3.82. The number of halogens is 4. The van der Waals surface area contributed by atoms with E-state index >= 15 is 0 Å². The van der Waals surface area contributed by atoms with Gasteiger partial charge in [0.05, 0.1) is 0 Å². The molecule has 0 saturated carbocycles. The zero-order valence-corrected chi connectivity index (χ0v) is 20.7. The molecule has 0 radical (unpaired) electrons. The van der Waals surface area contributed by atoms with E-state index in [1.54, 1.807) is 42.5 Å². The minimum atomic E-state index is -1.39. The number of hydrazone groups is 1. The number of hydrogen-bond donors (Lipinski definition) is 0. The van der Waals surface area contributed by atoms with Crippen LogP contribution in [0.4, 0.5) is 17.6 Å². The van der Waals surface area contributed by atoms with Crippen LogP contribution in [0.5, 0.6) is 5.75 Å². The van der Waals surface area contributed by atoms with E-state index in [0.29, 0.717) is 23.3 Å². The first-order valence-corrected chi connectivity index (χ1v) is 12.3. The number of nitrogens with zero attached hydrogens (tertiary/aromatic N) is 3. The molecular formula is C28H17F4N3O3S. The van der Waals surface area contributed by atoms with Gasteiger partial charge in [0.1, 0.15) is 50.7 Å². The highest BCUT2D eigenvalue weighted by molar-refractivity contribution is 8.14. The second-order valence-corrected chi connectivity index (χ2v) is 9.31. The van der Waals surface area contributed by atoms with Gasteiger partial charge >= 0.3 is 0 Å². The maximum Gasteiger partial charge on any atom is 0.281 e. The van der Waals surface area contributed by atoms with Crippen molar-refractivity contribution in [1.29, 1.82) is 0 Å². The summed E-state index contributed by atoms with van der Waals surface area (Å²) in [6.07, 6.45) is 1.47. The van der Waals surface area contributed by atoms with E-state index in [0.717, 1.165) is 16.8 Å². The fourth-order valence-corrected chi connectivity index (χ4v) is 5.00. The highest BCUT2D eigenvalue weighted by Gasteiger charge is 2.38. The second kappa shape index (κ2) is 11.1. The number of para-hydroxylation sites is 1. The first-order chi connectivity index (χ1) is 18.8. The van der Waals surface area contributed by atoms with Crippen molar-refractivity contribution >= 4 is 28.5 Å². The number of rotatable bonds is 7. The topological polar surface area (TPSA) is 71.9 Å². The summed E-state index contributed by atoms with van der Waals surface area (Å²) in [5, 5.41) is 4.41. The highest BCUT2D eigenvalue weighted by atomic mass is 32.2. The van der Waals surface area contributed by atoms with Gasteiger partial charge < -0.3 is 4.74 Å². The molecule has 1 atom stereocenters. The summed E-state index contributed by atoms with van der Waals surface area (Å²) in [4.78, 5) is 30.0. The van der Waals surface area contributed by atoms with Crippen molar-refractivity contribution in [3.8, 4) is 5.75 Å². The molecule has 0 fully saturated rings. The van der Waals surface area contributed by atoms with Gasteiger partial charge in [-0.2, -0.15) is 5.10 Å². The first kappa shape index (κ1) is 26.1. The van der Waals surface area contributed by atoms with Gasteiger partial charge in [0.2, 0.25) is 5.78 Å². The van der Waals surface area contributed by atoms with Crippen LogP contribution in [0, 0.1) is 23.3 Å². The van der Waals surface area contributed by atoms with E-state index in [1.807, 2.05) is 0 Å². The third kappa shape index (κ3) is 5.53. The summed E-state index contributed by atoms with van der Waals surface area (Å²) in [7, 11) is 0. The molecule has 0 saturated heterocycles. The highest BCUT2D eigenvalue weighted by Crippen LogP contribution is 2.45. The number of aromatic nitrogens is 1. The average molecular weight is 552 g/mol. The molecule has 39 heavy (non-hydrogen) atoms. The van der Waals surface area contributed by atoms with E-state index in [-0.39, 0.29) is 23.1 Å². The SMILES string of the molecule is O=C(COc1ccccc1C1SC(c2ccc(F)cc2)=NN1C(=O)c1c(F)cc(F)cc1F)c1ccccn1. The van der Waals surface area contributed by atoms with Gasteiger partial charge in [-0.15, -0.1) is 0 Å². The third-order valence-electron chi connectivity index (χ3n) is 5.66. The van der Waals surface area contributed by atoms with E-state index in [4.69, 9.17) is 4.74 Å². The van der Waals surface area contributed by atoms with Crippen LogP contribution < -0.4 is 4.74 Å². The number of amides is 1. The van der Waals surface area contributed by atoms with Crippen molar-refractivity contribution in [2.24, 2.45) is 5.10 Å². The predicted molar refractivity (Wildman–Crippen MR) is 136 cm³/mol. The molecule has 1 amide bonds. The lowest BCUT2D eigenvalue weighted by Gasteiger charge is -2.23. The van der Waals surface area contributed by atoms with Gasteiger partial charge in [0.25, 0.3) is 5.91 Å². The van der Waals surface area contributed by atoms with Crippen LogP contribution in [0.2, 0.25) is 0 Å². The van der Waals surface area contributed by atoms with E-state index in [2.05, 4.69) is 10.1 Å². The van der Waals surface area contributed by atoms with Gasteiger partial charge in [-0.25, -0.2) is 22.6 Å². The van der Waals surface area contributed by atoms with E-state index in [1.165, 1.54) is 30.5 Å². The first-order valence-electron chi connectivity index (χ1n) is 11.5. The van der Waals surface area contributed by atoms with Crippen LogP contribution >= 0.6 is 11.8 Å². The van der Waals surface area contributed by atoms with Crippen LogP contribution in [0.15, 0.2) is 90.2 Å².